The molecular weight excluding hydrogens is 346 g/mol. The number of hydrogen-bond acceptors (Lipinski definition) is 7. The molecular formula is C18H23N7S. The Bertz CT molecular complexity index is 830. The monoisotopic (exact) mass is 369 g/mol. The quantitative estimate of drug-likeness (QED) is 0.720. The molecule has 136 valence electrons. The minimum absolute atomic E-state index is 0.625. The molecule has 0 amide bonds. The number of nitrogens with zero attached hydrogens (tertiary/aromatic N) is 6. The van der Waals surface area contributed by atoms with Gasteiger partial charge in [0.05, 0.1) is 12.0 Å². The Morgan fingerprint density at radius 1 is 1.31 bits per heavy atom. The molecule has 7 nitrogen and oxygen atoms in total. The van der Waals surface area contributed by atoms with Crippen LogP contribution in [0.2, 0.25) is 0 Å². The summed E-state index contributed by atoms with van der Waals surface area (Å²) in [5, 5.41) is 6.05. The van der Waals surface area contributed by atoms with E-state index in [1.54, 1.807) is 23.9 Å². The van der Waals surface area contributed by atoms with Gasteiger partial charge in [0.2, 0.25) is 0 Å². The predicted octanol–water partition coefficient (Wildman–Crippen LogP) is 2.86. The van der Waals surface area contributed by atoms with Gasteiger partial charge in [-0.15, -0.1) is 11.3 Å². The van der Waals surface area contributed by atoms with Crippen LogP contribution in [-0.2, 0) is 20.0 Å². The second-order valence-electron chi connectivity index (χ2n) is 6.80. The summed E-state index contributed by atoms with van der Waals surface area (Å²) in [6.45, 7) is 3.22. The second kappa shape index (κ2) is 7.92. The summed E-state index contributed by atoms with van der Waals surface area (Å²) >= 11 is 1.57. The van der Waals surface area contributed by atoms with Crippen LogP contribution in [0.3, 0.4) is 0 Å². The number of thiazole rings is 1. The fourth-order valence-electron chi connectivity index (χ4n) is 3.50. The molecule has 1 aliphatic rings. The maximum Gasteiger partial charge on any atom is 0.188 e. The number of anilines is 2. The van der Waals surface area contributed by atoms with Crippen molar-refractivity contribution in [3.05, 3.63) is 47.9 Å². The topological polar surface area (TPSA) is 71.8 Å². The van der Waals surface area contributed by atoms with E-state index >= 15 is 0 Å². The maximum atomic E-state index is 4.48. The van der Waals surface area contributed by atoms with E-state index in [1.165, 1.54) is 18.5 Å². The minimum Gasteiger partial charge on any atom is -0.337 e. The van der Waals surface area contributed by atoms with Crippen LogP contribution in [-0.4, -0.2) is 42.5 Å². The van der Waals surface area contributed by atoms with Gasteiger partial charge in [-0.3, -0.25) is 4.90 Å². The molecule has 0 aliphatic carbocycles. The first kappa shape index (κ1) is 17.1. The lowest BCUT2D eigenvalue weighted by atomic mass is 9.93. The van der Waals surface area contributed by atoms with Gasteiger partial charge in [-0.2, -0.15) is 0 Å². The van der Waals surface area contributed by atoms with Crippen molar-refractivity contribution in [2.45, 2.75) is 25.8 Å². The second-order valence-corrected chi connectivity index (χ2v) is 7.69. The summed E-state index contributed by atoms with van der Waals surface area (Å²) in [7, 11) is 2.06. The number of rotatable bonds is 6. The molecule has 3 aromatic rings. The number of hydrogen-bond donors (Lipinski definition) is 1. The highest BCUT2D eigenvalue weighted by atomic mass is 32.1. The van der Waals surface area contributed by atoms with Crippen LogP contribution in [0.1, 0.15) is 24.2 Å². The van der Waals surface area contributed by atoms with E-state index < -0.39 is 0 Å². The van der Waals surface area contributed by atoms with Crippen molar-refractivity contribution in [1.29, 1.82) is 0 Å². The van der Waals surface area contributed by atoms with E-state index in [1.807, 2.05) is 24.0 Å². The number of likely N-dealkylation sites (tertiary alicyclic amines) is 1. The molecule has 0 bridgehead atoms. The lowest BCUT2D eigenvalue weighted by Gasteiger charge is -2.32. The third-order valence-corrected chi connectivity index (χ3v) is 5.48. The van der Waals surface area contributed by atoms with Gasteiger partial charge in [0, 0.05) is 49.7 Å². The third-order valence-electron chi connectivity index (χ3n) is 4.79. The molecule has 1 aliphatic heterocycles. The molecule has 1 N–H and O–H groups in total. The van der Waals surface area contributed by atoms with Crippen molar-refractivity contribution < 1.29 is 0 Å². The molecule has 1 unspecified atom stereocenters. The Balaban J connectivity index is 1.36. The first-order valence-electron chi connectivity index (χ1n) is 8.91. The van der Waals surface area contributed by atoms with Crippen molar-refractivity contribution >= 4 is 22.3 Å². The van der Waals surface area contributed by atoms with E-state index in [0.29, 0.717) is 5.92 Å². The lowest BCUT2D eigenvalue weighted by Crippen LogP contribution is -2.36. The predicted molar refractivity (Wildman–Crippen MR) is 102 cm³/mol. The summed E-state index contributed by atoms with van der Waals surface area (Å²) < 4.78 is 2.10. The van der Waals surface area contributed by atoms with Crippen LogP contribution < -0.4 is 5.32 Å². The molecule has 0 saturated carbocycles. The van der Waals surface area contributed by atoms with Crippen LogP contribution in [0.4, 0.5) is 10.9 Å². The molecule has 1 fully saturated rings. The van der Waals surface area contributed by atoms with Gasteiger partial charge in [-0.1, -0.05) is 0 Å². The van der Waals surface area contributed by atoms with Gasteiger partial charge < -0.3 is 9.88 Å². The summed E-state index contributed by atoms with van der Waals surface area (Å²) in [5.74, 6) is 1.44. The number of aryl methyl sites for hydroxylation is 1. The molecule has 3 aromatic heterocycles. The summed E-state index contributed by atoms with van der Waals surface area (Å²) in [6.07, 6.45) is 10.7. The zero-order chi connectivity index (χ0) is 17.8. The first-order valence-corrected chi connectivity index (χ1v) is 9.79. The van der Waals surface area contributed by atoms with Gasteiger partial charge in [-0.25, -0.2) is 19.9 Å². The molecule has 0 spiro atoms. The van der Waals surface area contributed by atoms with Crippen molar-refractivity contribution in [1.82, 2.24) is 29.4 Å². The Kier molecular flexibility index (Phi) is 5.21. The maximum absolute atomic E-state index is 4.48. The Morgan fingerprint density at radius 2 is 2.27 bits per heavy atom. The molecule has 4 heterocycles. The number of imidazole rings is 1. The van der Waals surface area contributed by atoms with Crippen LogP contribution in [0.15, 0.2) is 36.5 Å². The smallest absolute Gasteiger partial charge is 0.188 e. The fraction of sp³-hybridized carbons (Fsp3) is 0.444. The third kappa shape index (κ3) is 4.25. The average molecular weight is 369 g/mol. The van der Waals surface area contributed by atoms with Crippen molar-refractivity contribution in [3.63, 3.8) is 0 Å². The van der Waals surface area contributed by atoms with Crippen molar-refractivity contribution in [2.24, 2.45) is 13.0 Å². The summed E-state index contributed by atoms with van der Waals surface area (Å²) in [6, 6.07) is 2.04. The molecule has 0 radical (unpaired) electrons. The number of nitrogens with one attached hydrogen (secondary N) is 1. The minimum atomic E-state index is 0.625. The van der Waals surface area contributed by atoms with Gasteiger partial charge >= 0.3 is 0 Å². The van der Waals surface area contributed by atoms with Crippen LogP contribution in [0, 0.1) is 5.92 Å². The van der Waals surface area contributed by atoms with Crippen molar-refractivity contribution in [2.75, 3.05) is 18.4 Å². The molecule has 8 heteroatoms. The van der Waals surface area contributed by atoms with Gasteiger partial charge in [-0.05, 0) is 31.7 Å². The largest absolute Gasteiger partial charge is 0.337 e. The van der Waals surface area contributed by atoms with E-state index in [2.05, 4.69) is 41.8 Å². The average Bonchev–Trinajstić information content (AvgIpc) is 3.28. The SMILES string of the molecule is Cn1cncc1CN1CCCC(Cc2cc(Nc3nccs3)ncn2)C1. The van der Waals surface area contributed by atoms with Crippen LogP contribution in [0.5, 0.6) is 0 Å². The Morgan fingerprint density at radius 3 is 3.08 bits per heavy atom. The molecule has 1 saturated heterocycles. The van der Waals surface area contributed by atoms with E-state index in [4.69, 9.17) is 0 Å². The highest BCUT2D eigenvalue weighted by molar-refractivity contribution is 7.13. The Labute approximate surface area is 157 Å². The fourth-order valence-corrected chi connectivity index (χ4v) is 4.03. The Hall–Kier alpha value is -2.32. The van der Waals surface area contributed by atoms with E-state index in [0.717, 1.165) is 42.7 Å². The molecule has 1 atom stereocenters. The normalized spacial score (nSPS) is 18.1. The van der Waals surface area contributed by atoms with Crippen LogP contribution >= 0.6 is 11.3 Å². The summed E-state index contributed by atoms with van der Waals surface area (Å²) in [4.78, 5) is 19.8. The lowest BCUT2D eigenvalue weighted by molar-refractivity contribution is 0.163. The molecule has 0 aromatic carbocycles. The van der Waals surface area contributed by atoms with Crippen molar-refractivity contribution in [3.8, 4) is 0 Å². The highest BCUT2D eigenvalue weighted by Gasteiger charge is 2.21. The zero-order valence-electron chi connectivity index (χ0n) is 14.9. The van der Waals surface area contributed by atoms with Gasteiger partial charge in [0.25, 0.3) is 0 Å². The highest BCUT2D eigenvalue weighted by Crippen LogP contribution is 2.23. The van der Waals surface area contributed by atoms with Gasteiger partial charge in [0.15, 0.2) is 5.13 Å². The van der Waals surface area contributed by atoms with Crippen LogP contribution in [0.25, 0.3) is 0 Å². The zero-order valence-corrected chi connectivity index (χ0v) is 15.7. The van der Waals surface area contributed by atoms with E-state index in [9.17, 15) is 0 Å². The molecule has 4 rings (SSSR count). The first-order chi connectivity index (χ1) is 12.8. The standard InChI is InChI=1S/C18H23N7S/c1-24-13-19-9-16(24)11-25-5-2-3-14(10-25)7-15-8-17(22-12-21-15)23-18-20-4-6-26-18/h4,6,8-9,12-14H,2-3,5,7,10-11H2,1H3,(H,20,21,22,23). The molecule has 26 heavy (non-hydrogen) atoms. The number of aromatic nitrogens is 5. The number of piperidine rings is 1. The van der Waals surface area contributed by atoms with Gasteiger partial charge in [0.1, 0.15) is 12.1 Å². The summed E-state index contributed by atoms with van der Waals surface area (Å²) in [5.41, 5.74) is 2.36. The van der Waals surface area contributed by atoms with E-state index in [-0.39, 0.29) is 0 Å².